The third kappa shape index (κ3) is 4.55. The van der Waals surface area contributed by atoms with E-state index in [1.54, 1.807) is 6.92 Å². The van der Waals surface area contributed by atoms with Crippen LogP contribution in [-0.2, 0) is 14.3 Å². The van der Waals surface area contributed by atoms with Gasteiger partial charge in [0.1, 0.15) is 5.41 Å². The first-order valence-corrected chi connectivity index (χ1v) is 7.00. The van der Waals surface area contributed by atoms with Gasteiger partial charge in [-0.05, 0) is 19.8 Å². The van der Waals surface area contributed by atoms with Gasteiger partial charge in [-0.1, -0.05) is 25.7 Å². The van der Waals surface area contributed by atoms with Crippen molar-refractivity contribution in [3.63, 3.8) is 0 Å². The minimum absolute atomic E-state index is 0.154. The number of carbonyl (C=O) groups excluding carboxylic acids is 2. The molecule has 1 rings (SSSR count). The monoisotopic (exact) mass is 266 g/mol. The molecule has 1 aliphatic carbocycles. The van der Waals surface area contributed by atoms with Crippen molar-refractivity contribution in [1.29, 1.82) is 5.26 Å². The zero-order chi connectivity index (χ0) is 14.1. The summed E-state index contributed by atoms with van der Waals surface area (Å²) in [6.45, 7) is 2.32. The predicted octanol–water partition coefficient (Wildman–Crippen LogP) is 1.92. The number of hydrogen-bond donors (Lipinski definition) is 1. The molecule has 0 radical (unpaired) electrons. The molecule has 0 atom stereocenters. The minimum Gasteiger partial charge on any atom is -0.466 e. The quantitative estimate of drug-likeness (QED) is 0.609. The van der Waals surface area contributed by atoms with Crippen molar-refractivity contribution in [2.45, 2.75) is 51.9 Å². The Balaban J connectivity index is 2.45. The molecular formula is C14H22N2O3. The summed E-state index contributed by atoms with van der Waals surface area (Å²) >= 11 is 0. The molecule has 0 aliphatic heterocycles. The average Bonchev–Trinajstić information content (AvgIpc) is 2.65. The molecule has 5 heteroatoms. The van der Waals surface area contributed by atoms with E-state index in [-0.39, 0.29) is 24.8 Å². The molecule has 0 saturated heterocycles. The van der Waals surface area contributed by atoms with Crippen molar-refractivity contribution in [2.24, 2.45) is 5.41 Å². The molecule has 1 aliphatic rings. The third-order valence-electron chi connectivity index (χ3n) is 3.53. The van der Waals surface area contributed by atoms with E-state index in [0.717, 1.165) is 25.7 Å². The number of amides is 1. The second kappa shape index (κ2) is 7.78. The normalized spacial score (nSPS) is 17.9. The Hall–Kier alpha value is -1.57. The van der Waals surface area contributed by atoms with Crippen LogP contribution >= 0.6 is 0 Å². The molecule has 0 aromatic rings. The number of nitriles is 1. The maximum atomic E-state index is 12.2. The third-order valence-corrected chi connectivity index (χ3v) is 3.53. The zero-order valence-corrected chi connectivity index (χ0v) is 11.5. The lowest BCUT2D eigenvalue weighted by Gasteiger charge is -2.23. The second-order valence-electron chi connectivity index (χ2n) is 4.92. The Morgan fingerprint density at radius 1 is 1.26 bits per heavy atom. The van der Waals surface area contributed by atoms with Gasteiger partial charge in [0.05, 0.1) is 19.1 Å². The summed E-state index contributed by atoms with van der Waals surface area (Å²) in [6.07, 6.45) is 5.39. The molecule has 1 N–H and O–H groups in total. The van der Waals surface area contributed by atoms with E-state index in [9.17, 15) is 14.9 Å². The topological polar surface area (TPSA) is 79.2 Å². The first-order valence-electron chi connectivity index (χ1n) is 7.00. The first-order chi connectivity index (χ1) is 9.14. The molecule has 0 unspecified atom stereocenters. The second-order valence-corrected chi connectivity index (χ2v) is 4.92. The Morgan fingerprint density at radius 3 is 2.42 bits per heavy atom. The van der Waals surface area contributed by atoms with E-state index in [4.69, 9.17) is 4.74 Å². The van der Waals surface area contributed by atoms with Gasteiger partial charge in [0.2, 0.25) is 5.91 Å². The number of esters is 1. The SMILES string of the molecule is CCOC(=O)CCNC(=O)C1(C#N)CCCCCC1. The van der Waals surface area contributed by atoms with Crippen molar-refractivity contribution in [1.82, 2.24) is 5.32 Å². The summed E-state index contributed by atoms with van der Waals surface area (Å²) in [7, 11) is 0. The molecule has 1 fully saturated rings. The smallest absolute Gasteiger partial charge is 0.307 e. The van der Waals surface area contributed by atoms with Crippen LogP contribution in [0.15, 0.2) is 0 Å². The van der Waals surface area contributed by atoms with E-state index in [0.29, 0.717) is 19.4 Å². The highest BCUT2D eigenvalue weighted by atomic mass is 16.5. The minimum atomic E-state index is -0.898. The lowest BCUT2D eigenvalue weighted by Crippen LogP contribution is -2.40. The van der Waals surface area contributed by atoms with Crippen molar-refractivity contribution < 1.29 is 14.3 Å². The summed E-state index contributed by atoms with van der Waals surface area (Å²) in [5.74, 6) is -0.559. The van der Waals surface area contributed by atoms with Crippen LogP contribution in [0.1, 0.15) is 51.9 Å². The average molecular weight is 266 g/mol. The predicted molar refractivity (Wildman–Crippen MR) is 70.0 cm³/mol. The van der Waals surface area contributed by atoms with Gasteiger partial charge in [-0.15, -0.1) is 0 Å². The van der Waals surface area contributed by atoms with E-state index < -0.39 is 5.41 Å². The van der Waals surface area contributed by atoms with Gasteiger partial charge < -0.3 is 10.1 Å². The molecule has 0 spiro atoms. The van der Waals surface area contributed by atoms with Crippen LogP contribution in [0, 0.1) is 16.7 Å². The molecular weight excluding hydrogens is 244 g/mol. The number of nitrogens with zero attached hydrogens (tertiary/aromatic N) is 1. The Bertz CT molecular complexity index is 352. The van der Waals surface area contributed by atoms with Gasteiger partial charge in [0.15, 0.2) is 0 Å². The van der Waals surface area contributed by atoms with E-state index in [1.165, 1.54) is 0 Å². The fourth-order valence-electron chi connectivity index (χ4n) is 2.40. The highest BCUT2D eigenvalue weighted by Crippen LogP contribution is 2.34. The molecule has 0 aromatic heterocycles. The summed E-state index contributed by atoms with van der Waals surface area (Å²) in [6, 6.07) is 2.19. The number of carbonyl (C=O) groups is 2. The number of ether oxygens (including phenoxy) is 1. The highest BCUT2D eigenvalue weighted by Gasteiger charge is 2.38. The van der Waals surface area contributed by atoms with Gasteiger partial charge in [-0.3, -0.25) is 9.59 Å². The van der Waals surface area contributed by atoms with Crippen molar-refractivity contribution in [2.75, 3.05) is 13.2 Å². The number of nitrogens with one attached hydrogen (secondary N) is 1. The van der Waals surface area contributed by atoms with Crippen LogP contribution in [0.3, 0.4) is 0 Å². The van der Waals surface area contributed by atoms with Gasteiger partial charge in [0.25, 0.3) is 0 Å². The summed E-state index contributed by atoms with van der Waals surface area (Å²) in [5, 5.41) is 12.0. The highest BCUT2D eigenvalue weighted by molar-refractivity contribution is 5.85. The van der Waals surface area contributed by atoms with Crippen molar-refractivity contribution >= 4 is 11.9 Å². The summed E-state index contributed by atoms with van der Waals surface area (Å²) in [5.41, 5.74) is -0.898. The molecule has 1 saturated carbocycles. The van der Waals surface area contributed by atoms with Crippen LogP contribution in [0.25, 0.3) is 0 Å². The van der Waals surface area contributed by atoms with Gasteiger partial charge in [-0.2, -0.15) is 5.26 Å². The molecule has 1 amide bonds. The summed E-state index contributed by atoms with van der Waals surface area (Å²) < 4.78 is 4.79. The van der Waals surface area contributed by atoms with Crippen LogP contribution in [-0.4, -0.2) is 25.0 Å². The van der Waals surface area contributed by atoms with Gasteiger partial charge in [0, 0.05) is 6.54 Å². The summed E-state index contributed by atoms with van der Waals surface area (Å²) in [4.78, 5) is 23.3. The lowest BCUT2D eigenvalue weighted by molar-refractivity contribution is -0.143. The molecule has 106 valence electrons. The van der Waals surface area contributed by atoms with E-state index in [1.807, 2.05) is 0 Å². The van der Waals surface area contributed by atoms with E-state index >= 15 is 0 Å². The van der Waals surface area contributed by atoms with E-state index in [2.05, 4.69) is 11.4 Å². The Kier molecular flexibility index (Phi) is 6.34. The molecule has 19 heavy (non-hydrogen) atoms. The molecule has 0 bridgehead atoms. The van der Waals surface area contributed by atoms with Crippen LogP contribution in [0.2, 0.25) is 0 Å². The Labute approximate surface area is 114 Å². The number of rotatable bonds is 5. The van der Waals surface area contributed by atoms with Gasteiger partial charge in [-0.25, -0.2) is 0 Å². The zero-order valence-electron chi connectivity index (χ0n) is 11.5. The fraction of sp³-hybridized carbons (Fsp3) is 0.786. The first kappa shape index (κ1) is 15.5. The lowest BCUT2D eigenvalue weighted by atomic mass is 9.81. The molecule has 5 nitrogen and oxygen atoms in total. The van der Waals surface area contributed by atoms with Crippen LogP contribution in [0.5, 0.6) is 0 Å². The number of hydrogen-bond acceptors (Lipinski definition) is 4. The van der Waals surface area contributed by atoms with Crippen LogP contribution < -0.4 is 5.32 Å². The van der Waals surface area contributed by atoms with Crippen molar-refractivity contribution in [3.05, 3.63) is 0 Å². The molecule has 0 aromatic carbocycles. The fourth-order valence-corrected chi connectivity index (χ4v) is 2.40. The molecule has 0 heterocycles. The van der Waals surface area contributed by atoms with Crippen LogP contribution in [0.4, 0.5) is 0 Å². The standard InChI is InChI=1S/C14H22N2O3/c1-2-19-12(17)7-10-16-13(18)14(11-15)8-5-3-4-6-9-14/h2-10H2,1H3,(H,16,18). The maximum absolute atomic E-state index is 12.2. The largest absolute Gasteiger partial charge is 0.466 e. The van der Waals surface area contributed by atoms with Crippen molar-refractivity contribution in [3.8, 4) is 6.07 Å². The maximum Gasteiger partial charge on any atom is 0.307 e. The van der Waals surface area contributed by atoms with Gasteiger partial charge >= 0.3 is 5.97 Å². The Morgan fingerprint density at radius 2 is 1.89 bits per heavy atom.